The summed E-state index contributed by atoms with van der Waals surface area (Å²) in [6.07, 6.45) is 4.62. The average Bonchev–Trinajstić information content (AvgIpc) is 2.61. The molecule has 0 amide bonds. The molecule has 0 N–H and O–H groups in total. The van der Waals surface area contributed by atoms with Gasteiger partial charge in [0.15, 0.2) is 0 Å². The third kappa shape index (κ3) is 3.61. The monoisotopic (exact) mass is 373 g/mol. The third-order valence-corrected chi connectivity index (χ3v) is 6.37. The summed E-state index contributed by atoms with van der Waals surface area (Å²) in [5, 5.41) is 0. The zero-order valence-corrected chi connectivity index (χ0v) is 16.0. The molecule has 1 aliphatic rings. The molecule has 138 valence electrons. The van der Waals surface area contributed by atoms with Crippen LogP contribution in [0.1, 0.15) is 23.1 Å². The van der Waals surface area contributed by atoms with Crippen molar-refractivity contribution >= 4 is 16.1 Å². The standard InChI is InChI=1S/C20H23NO4S/c1-15-7-9-18(10-8-15)26(22,23)21-11-5-4-6-16-12-17(24-2)13-20(25-3)19(16)14-21/h4,6-10,12-13H,5,11,14H2,1-3H3/b6-4-. The van der Waals surface area contributed by atoms with Crippen molar-refractivity contribution in [1.82, 2.24) is 4.31 Å². The fraction of sp³-hybridized carbons (Fsp3) is 0.300. The number of ether oxygens (including phenoxy) is 2. The molecule has 2 aromatic carbocycles. The smallest absolute Gasteiger partial charge is 0.243 e. The molecule has 0 spiro atoms. The van der Waals surface area contributed by atoms with Crippen LogP contribution in [0.25, 0.3) is 6.08 Å². The van der Waals surface area contributed by atoms with Crippen LogP contribution in [0, 0.1) is 6.92 Å². The fourth-order valence-electron chi connectivity index (χ4n) is 3.01. The van der Waals surface area contributed by atoms with E-state index in [2.05, 4.69) is 0 Å². The van der Waals surface area contributed by atoms with E-state index in [-0.39, 0.29) is 6.54 Å². The van der Waals surface area contributed by atoms with Gasteiger partial charge in [-0.1, -0.05) is 29.8 Å². The van der Waals surface area contributed by atoms with Crippen molar-refractivity contribution in [3.05, 3.63) is 59.2 Å². The molecule has 0 aromatic heterocycles. The van der Waals surface area contributed by atoms with Crippen LogP contribution in [0.3, 0.4) is 0 Å². The van der Waals surface area contributed by atoms with E-state index in [1.54, 1.807) is 32.4 Å². The summed E-state index contributed by atoms with van der Waals surface area (Å²) in [6.45, 7) is 2.61. The highest BCUT2D eigenvalue weighted by Crippen LogP contribution is 2.33. The Hall–Kier alpha value is -2.31. The molecule has 0 atom stereocenters. The fourth-order valence-corrected chi connectivity index (χ4v) is 4.43. The van der Waals surface area contributed by atoms with Crippen LogP contribution >= 0.6 is 0 Å². The maximum atomic E-state index is 13.1. The largest absolute Gasteiger partial charge is 0.497 e. The van der Waals surface area contributed by atoms with Crippen LogP contribution in [0.5, 0.6) is 11.5 Å². The number of methoxy groups -OCH3 is 2. The van der Waals surface area contributed by atoms with Gasteiger partial charge >= 0.3 is 0 Å². The Bertz CT molecular complexity index is 918. The number of fused-ring (bicyclic) bond motifs is 1. The first-order chi connectivity index (χ1) is 12.5. The van der Waals surface area contributed by atoms with Crippen LogP contribution in [0.2, 0.25) is 0 Å². The lowest BCUT2D eigenvalue weighted by atomic mass is 10.0. The molecule has 0 saturated carbocycles. The second kappa shape index (κ2) is 7.51. The number of nitrogens with zero attached hydrogens (tertiary/aromatic N) is 1. The van der Waals surface area contributed by atoms with Crippen molar-refractivity contribution in [2.75, 3.05) is 20.8 Å². The van der Waals surface area contributed by atoms with Gasteiger partial charge in [0.25, 0.3) is 0 Å². The number of sulfonamides is 1. The van der Waals surface area contributed by atoms with Gasteiger partial charge in [-0.25, -0.2) is 8.42 Å². The quantitative estimate of drug-likeness (QED) is 0.821. The summed E-state index contributed by atoms with van der Waals surface area (Å²) in [5.74, 6) is 1.30. The SMILES string of the molecule is COc1cc2c(c(OC)c1)CN(S(=O)(=O)c1ccc(C)cc1)CC/C=C\2. The number of aryl methyl sites for hydroxylation is 1. The summed E-state index contributed by atoms with van der Waals surface area (Å²) in [7, 11) is -0.410. The lowest BCUT2D eigenvalue weighted by Crippen LogP contribution is -2.32. The second-order valence-electron chi connectivity index (χ2n) is 6.24. The van der Waals surface area contributed by atoms with E-state index in [9.17, 15) is 8.42 Å². The predicted octanol–water partition coefficient (Wildman–Crippen LogP) is 3.62. The first-order valence-electron chi connectivity index (χ1n) is 8.44. The van der Waals surface area contributed by atoms with Crippen LogP contribution in [-0.2, 0) is 16.6 Å². The van der Waals surface area contributed by atoms with Gasteiger partial charge in [0.2, 0.25) is 10.0 Å². The molecule has 0 unspecified atom stereocenters. The van der Waals surface area contributed by atoms with Crippen molar-refractivity contribution in [2.45, 2.75) is 24.8 Å². The molecule has 3 rings (SSSR count). The van der Waals surface area contributed by atoms with Crippen molar-refractivity contribution in [3.63, 3.8) is 0 Å². The first-order valence-corrected chi connectivity index (χ1v) is 9.88. The Morgan fingerprint density at radius 1 is 1.04 bits per heavy atom. The summed E-state index contributed by atoms with van der Waals surface area (Å²) >= 11 is 0. The van der Waals surface area contributed by atoms with Crippen LogP contribution in [-0.4, -0.2) is 33.5 Å². The van der Waals surface area contributed by atoms with Gasteiger partial charge in [-0.2, -0.15) is 4.31 Å². The summed E-state index contributed by atoms with van der Waals surface area (Å²) < 4.78 is 38.6. The minimum Gasteiger partial charge on any atom is -0.497 e. The predicted molar refractivity (Wildman–Crippen MR) is 102 cm³/mol. The molecular weight excluding hydrogens is 350 g/mol. The zero-order valence-electron chi connectivity index (χ0n) is 15.2. The van der Waals surface area contributed by atoms with Gasteiger partial charge in [0.1, 0.15) is 11.5 Å². The maximum absolute atomic E-state index is 13.1. The van der Waals surface area contributed by atoms with Crippen LogP contribution in [0.15, 0.2) is 47.4 Å². The van der Waals surface area contributed by atoms with Gasteiger partial charge in [0, 0.05) is 24.7 Å². The van der Waals surface area contributed by atoms with E-state index < -0.39 is 10.0 Å². The van der Waals surface area contributed by atoms with Gasteiger partial charge in [-0.15, -0.1) is 0 Å². The van der Waals surface area contributed by atoms with Crippen molar-refractivity contribution in [2.24, 2.45) is 0 Å². The summed E-state index contributed by atoms with van der Waals surface area (Å²) in [6, 6.07) is 10.6. The molecule has 1 aliphatic heterocycles. The Labute approximate surface area is 154 Å². The molecule has 2 aromatic rings. The molecule has 5 nitrogen and oxygen atoms in total. The topological polar surface area (TPSA) is 55.8 Å². The van der Waals surface area contributed by atoms with Gasteiger partial charge in [-0.3, -0.25) is 0 Å². The first kappa shape index (κ1) is 18.5. The summed E-state index contributed by atoms with van der Waals surface area (Å²) in [5.41, 5.74) is 2.77. The van der Waals surface area contributed by atoms with E-state index in [0.717, 1.165) is 16.7 Å². The molecular formula is C20H23NO4S. The third-order valence-electron chi connectivity index (χ3n) is 4.51. The van der Waals surface area contributed by atoms with Gasteiger partial charge in [0.05, 0.1) is 19.1 Å². The van der Waals surface area contributed by atoms with Crippen molar-refractivity contribution in [1.29, 1.82) is 0 Å². The number of hydrogen-bond acceptors (Lipinski definition) is 4. The van der Waals surface area contributed by atoms with Crippen molar-refractivity contribution < 1.29 is 17.9 Å². The highest BCUT2D eigenvalue weighted by Gasteiger charge is 2.27. The highest BCUT2D eigenvalue weighted by atomic mass is 32.2. The molecule has 6 heteroatoms. The minimum absolute atomic E-state index is 0.253. The molecule has 0 aliphatic carbocycles. The Kier molecular flexibility index (Phi) is 5.34. The molecule has 0 saturated heterocycles. The molecule has 0 radical (unpaired) electrons. The lowest BCUT2D eigenvalue weighted by Gasteiger charge is -2.25. The van der Waals surface area contributed by atoms with Gasteiger partial charge < -0.3 is 9.47 Å². The Morgan fingerprint density at radius 2 is 1.77 bits per heavy atom. The molecule has 0 bridgehead atoms. The Balaban J connectivity index is 2.04. The molecule has 1 heterocycles. The number of benzene rings is 2. The number of rotatable bonds is 4. The van der Waals surface area contributed by atoms with Gasteiger partial charge in [-0.05, 0) is 37.1 Å². The molecule has 0 fully saturated rings. The lowest BCUT2D eigenvalue weighted by molar-refractivity contribution is 0.373. The zero-order chi connectivity index (χ0) is 18.7. The molecule has 26 heavy (non-hydrogen) atoms. The van der Waals surface area contributed by atoms with Crippen LogP contribution in [0.4, 0.5) is 0 Å². The van der Waals surface area contributed by atoms with Crippen molar-refractivity contribution in [3.8, 4) is 11.5 Å². The second-order valence-corrected chi connectivity index (χ2v) is 8.18. The summed E-state index contributed by atoms with van der Waals surface area (Å²) in [4.78, 5) is 0.307. The van der Waals surface area contributed by atoms with E-state index in [1.807, 2.05) is 37.3 Å². The van der Waals surface area contributed by atoms with Crippen LogP contribution < -0.4 is 9.47 Å². The Morgan fingerprint density at radius 3 is 2.42 bits per heavy atom. The van der Waals surface area contributed by atoms with E-state index >= 15 is 0 Å². The van der Waals surface area contributed by atoms with E-state index in [1.165, 1.54) is 4.31 Å². The average molecular weight is 373 g/mol. The minimum atomic E-state index is -3.59. The highest BCUT2D eigenvalue weighted by molar-refractivity contribution is 7.89. The maximum Gasteiger partial charge on any atom is 0.243 e. The number of hydrogen-bond donors (Lipinski definition) is 0. The van der Waals surface area contributed by atoms with E-state index in [0.29, 0.717) is 29.4 Å². The normalized spacial score (nSPS) is 16.3. The van der Waals surface area contributed by atoms with E-state index in [4.69, 9.17) is 9.47 Å².